The number of carbonyl (C=O) groups excluding carboxylic acids is 1. The van der Waals surface area contributed by atoms with Gasteiger partial charge in [-0.25, -0.2) is 4.79 Å². The first kappa shape index (κ1) is 9.62. The molecule has 0 heterocycles. The van der Waals surface area contributed by atoms with Gasteiger partial charge in [-0.15, -0.1) is 0 Å². The number of esters is 1. The molecule has 1 N–H and O–H groups in total. The summed E-state index contributed by atoms with van der Waals surface area (Å²) in [6, 6.07) is 0. The van der Waals surface area contributed by atoms with Crippen LogP contribution in [-0.4, -0.2) is 24.1 Å². The third-order valence-corrected chi connectivity index (χ3v) is 1.01. The van der Waals surface area contributed by atoms with Crippen LogP contribution in [0.15, 0.2) is 0 Å². The smallest absolute Gasteiger partial charge is 0.332 e. The Morgan fingerprint density at radius 2 is 2.30 bits per heavy atom. The van der Waals surface area contributed by atoms with Crippen molar-refractivity contribution in [2.24, 2.45) is 0 Å². The highest BCUT2D eigenvalue weighted by Gasteiger charge is 2.02. The van der Waals surface area contributed by atoms with Crippen molar-refractivity contribution in [3.63, 3.8) is 0 Å². The monoisotopic (exact) mass is 168 g/mol. The molecule has 0 aliphatic rings. The highest BCUT2D eigenvalue weighted by atomic mass is 31.1. The third-order valence-electron chi connectivity index (χ3n) is 0.619. The maximum absolute atomic E-state index is 10.4. The summed E-state index contributed by atoms with van der Waals surface area (Å²) >= 11 is 0. The first-order valence-corrected chi connectivity index (χ1v) is 3.94. The Morgan fingerprint density at radius 1 is 1.70 bits per heavy atom. The van der Waals surface area contributed by atoms with Gasteiger partial charge in [0.1, 0.15) is 0 Å². The minimum absolute atomic E-state index is 0.245. The molecule has 0 bridgehead atoms. The van der Waals surface area contributed by atoms with E-state index in [1.807, 2.05) is 0 Å². The van der Waals surface area contributed by atoms with Gasteiger partial charge in [-0.3, -0.25) is 9.09 Å². The van der Waals surface area contributed by atoms with Crippen molar-refractivity contribution >= 4 is 14.2 Å². The second-order valence-corrected chi connectivity index (χ2v) is 2.18. The van der Waals surface area contributed by atoms with Gasteiger partial charge in [0.05, 0.1) is 6.61 Å². The van der Waals surface area contributed by atoms with Crippen molar-refractivity contribution in [3.05, 3.63) is 0 Å². The maximum Gasteiger partial charge on any atom is 0.332 e. The van der Waals surface area contributed by atoms with Crippen LogP contribution >= 0.6 is 8.25 Å². The normalized spacial score (nSPS) is 12.6. The number of hydrogen-bond donors (Lipinski definition) is 1. The van der Waals surface area contributed by atoms with Crippen molar-refractivity contribution in [1.29, 1.82) is 0 Å². The quantitative estimate of drug-likeness (QED) is 0.470. The van der Waals surface area contributed by atoms with E-state index < -0.39 is 20.8 Å². The van der Waals surface area contributed by atoms with Gasteiger partial charge in [0.2, 0.25) is 0 Å². The lowest BCUT2D eigenvalue weighted by molar-refractivity contribution is -0.145. The molecule has 60 valence electrons. The third kappa shape index (κ3) is 5.75. The molecule has 0 aliphatic carbocycles. The maximum atomic E-state index is 10.4. The van der Waals surface area contributed by atoms with Crippen molar-refractivity contribution in [2.45, 2.75) is 6.92 Å². The van der Waals surface area contributed by atoms with Gasteiger partial charge in [-0.2, -0.15) is 0 Å². The van der Waals surface area contributed by atoms with Gasteiger partial charge >= 0.3 is 14.2 Å². The molecule has 0 fully saturated rings. The number of ether oxygens (including phenoxy) is 1. The van der Waals surface area contributed by atoms with Gasteiger partial charge in [0, 0.05) is 0 Å². The van der Waals surface area contributed by atoms with Crippen LogP contribution in [-0.2, 0) is 18.6 Å². The average Bonchev–Trinajstić information content (AvgIpc) is 1.85. The molecule has 10 heavy (non-hydrogen) atoms. The summed E-state index contributed by atoms with van der Waals surface area (Å²) in [5.41, 5.74) is 0. The summed E-state index contributed by atoms with van der Waals surface area (Å²) in [6.07, 6.45) is 0. The van der Waals surface area contributed by atoms with E-state index in [9.17, 15) is 9.36 Å². The molecule has 0 aromatic carbocycles. The lowest BCUT2D eigenvalue weighted by atomic mass is 10.7. The largest absolute Gasteiger partial charge is 0.464 e. The van der Waals surface area contributed by atoms with Crippen LogP contribution in [0.2, 0.25) is 0 Å². The van der Waals surface area contributed by atoms with Gasteiger partial charge in [-0.1, -0.05) is 0 Å². The van der Waals surface area contributed by atoms with Crippen molar-refractivity contribution in [3.8, 4) is 0 Å². The molecule has 0 saturated heterocycles. The molecule has 0 saturated carbocycles. The fourth-order valence-electron chi connectivity index (χ4n) is 0.323. The van der Waals surface area contributed by atoms with E-state index in [0.717, 1.165) is 0 Å². The predicted octanol–water partition coefficient (Wildman–Crippen LogP) is -0.0519. The molecule has 0 aliphatic heterocycles. The Labute approximate surface area is 58.9 Å². The molecule has 1 unspecified atom stereocenters. The fraction of sp³-hybridized carbons (Fsp3) is 0.750. The summed E-state index contributed by atoms with van der Waals surface area (Å²) in [5.74, 6) is -0.630. The van der Waals surface area contributed by atoms with Crippen molar-refractivity contribution < 1.29 is 23.5 Å². The van der Waals surface area contributed by atoms with E-state index in [2.05, 4.69) is 9.26 Å². The number of carbonyl (C=O) groups is 1. The molecule has 0 aromatic rings. The van der Waals surface area contributed by atoms with E-state index in [1.165, 1.54) is 0 Å². The lowest BCUT2D eigenvalue weighted by Gasteiger charge is -1.98. The zero-order valence-corrected chi connectivity index (χ0v) is 6.49. The standard InChI is InChI=1S/C4H9O5P/c1-2-8-4(5)3-9-10(6)7/h10H,2-3H2,1H3,(H,6,7). The second kappa shape index (κ2) is 5.41. The topological polar surface area (TPSA) is 72.8 Å². The summed E-state index contributed by atoms with van der Waals surface area (Å²) in [6.45, 7) is 1.43. The highest BCUT2D eigenvalue weighted by molar-refractivity contribution is 7.32. The Morgan fingerprint density at radius 3 is 2.70 bits per heavy atom. The van der Waals surface area contributed by atoms with Crippen LogP contribution in [0.5, 0.6) is 0 Å². The van der Waals surface area contributed by atoms with E-state index in [1.54, 1.807) is 6.92 Å². The molecule has 0 spiro atoms. The van der Waals surface area contributed by atoms with Crippen LogP contribution in [0, 0.1) is 0 Å². The number of rotatable bonds is 4. The summed E-state index contributed by atoms with van der Waals surface area (Å²) in [7, 11) is -3.00. The van der Waals surface area contributed by atoms with Crippen molar-refractivity contribution in [2.75, 3.05) is 13.2 Å². The predicted molar refractivity (Wildman–Crippen MR) is 33.8 cm³/mol. The fourth-order valence-corrected chi connectivity index (χ4v) is 0.565. The molecule has 0 rings (SSSR count). The highest BCUT2D eigenvalue weighted by Crippen LogP contribution is 2.13. The average molecular weight is 168 g/mol. The molecule has 0 radical (unpaired) electrons. The molecule has 0 amide bonds. The molecule has 0 aromatic heterocycles. The first-order valence-electron chi connectivity index (χ1n) is 2.68. The SMILES string of the molecule is CCOC(=O)CO[PH](=O)O. The zero-order valence-electron chi connectivity index (χ0n) is 5.49. The molecule has 1 atom stereocenters. The van der Waals surface area contributed by atoms with Crippen LogP contribution in [0.25, 0.3) is 0 Å². The summed E-state index contributed by atoms with van der Waals surface area (Å²) in [4.78, 5) is 18.5. The van der Waals surface area contributed by atoms with Gasteiger partial charge in [-0.05, 0) is 6.92 Å². The Kier molecular flexibility index (Phi) is 5.20. The second-order valence-electron chi connectivity index (χ2n) is 1.36. The molecular formula is C4H9O5P. The van der Waals surface area contributed by atoms with Crippen molar-refractivity contribution in [1.82, 2.24) is 0 Å². The van der Waals surface area contributed by atoms with E-state index in [0.29, 0.717) is 0 Å². The zero-order chi connectivity index (χ0) is 7.98. The molecular weight excluding hydrogens is 159 g/mol. The Hall–Kier alpha value is -0.380. The molecule has 6 heteroatoms. The molecule has 5 nitrogen and oxygen atoms in total. The Bertz CT molecular complexity index is 134. The summed E-state index contributed by atoms with van der Waals surface area (Å²) < 4.78 is 18.3. The van der Waals surface area contributed by atoms with Crippen LogP contribution in [0.1, 0.15) is 6.92 Å². The van der Waals surface area contributed by atoms with E-state index in [4.69, 9.17) is 4.89 Å². The van der Waals surface area contributed by atoms with Crippen LogP contribution in [0.4, 0.5) is 0 Å². The van der Waals surface area contributed by atoms with Gasteiger partial charge in [0.15, 0.2) is 6.61 Å². The van der Waals surface area contributed by atoms with Crippen LogP contribution in [0.3, 0.4) is 0 Å². The van der Waals surface area contributed by atoms with Gasteiger partial charge in [0.25, 0.3) is 0 Å². The van der Waals surface area contributed by atoms with E-state index >= 15 is 0 Å². The minimum Gasteiger partial charge on any atom is -0.464 e. The van der Waals surface area contributed by atoms with Crippen LogP contribution < -0.4 is 0 Å². The lowest BCUT2D eigenvalue weighted by Crippen LogP contribution is -2.09. The summed E-state index contributed by atoms with van der Waals surface area (Å²) in [5, 5.41) is 0. The van der Waals surface area contributed by atoms with Gasteiger partial charge < -0.3 is 9.63 Å². The first-order chi connectivity index (χ1) is 4.66. The van der Waals surface area contributed by atoms with E-state index in [-0.39, 0.29) is 6.61 Å². The minimum atomic E-state index is -3.00. The Balaban J connectivity index is 3.30. The number of hydrogen-bond acceptors (Lipinski definition) is 4.